The fraction of sp³-hybridized carbons (Fsp3) is 0.222. The lowest BCUT2D eigenvalue weighted by molar-refractivity contribution is 1.25. The van der Waals surface area contributed by atoms with Crippen LogP contribution in [-0.4, -0.2) is 0 Å². The number of allylic oxidation sites excluding steroid dienone is 7. The summed E-state index contributed by atoms with van der Waals surface area (Å²) in [6, 6.07) is 8.49. The Morgan fingerprint density at radius 2 is 1.72 bits per heavy atom. The summed E-state index contributed by atoms with van der Waals surface area (Å²) in [4.78, 5) is 0. The van der Waals surface area contributed by atoms with Crippen LogP contribution in [0, 0.1) is 0 Å². The quantitative estimate of drug-likeness (QED) is 0.625. The van der Waals surface area contributed by atoms with Crippen LogP contribution in [0.3, 0.4) is 0 Å². The van der Waals surface area contributed by atoms with Crippen molar-refractivity contribution in [2.75, 3.05) is 0 Å². The summed E-state index contributed by atoms with van der Waals surface area (Å²) in [5.41, 5.74) is 6.41. The van der Waals surface area contributed by atoms with Crippen LogP contribution in [0.25, 0.3) is 11.1 Å². The predicted octanol–water partition coefficient (Wildman–Crippen LogP) is 5.65. The molecular formula is C18H22. The molecule has 0 heterocycles. The maximum absolute atomic E-state index is 4.06. The van der Waals surface area contributed by atoms with Crippen LogP contribution in [-0.2, 0) is 0 Å². The summed E-state index contributed by atoms with van der Waals surface area (Å²) in [6.07, 6.45) is 9.62. The SMILES string of the molecule is C.C=C(C)c1ccccc1/C(C)=C1/C=CC=CC1. The van der Waals surface area contributed by atoms with Crippen molar-refractivity contribution in [3.8, 4) is 0 Å². The molecule has 0 saturated carbocycles. The Hall–Kier alpha value is -1.82. The molecule has 0 radical (unpaired) electrons. The topological polar surface area (TPSA) is 0 Å². The van der Waals surface area contributed by atoms with E-state index in [4.69, 9.17) is 0 Å². The smallest absolute Gasteiger partial charge is 0.00915 e. The summed E-state index contributed by atoms with van der Waals surface area (Å²) < 4.78 is 0. The second-order valence-electron chi connectivity index (χ2n) is 4.47. The molecule has 0 aromatic heterocycles. The standard InChI is InChI=1S/C17H18.CH4/c1-13(2)16-11-7-8-12-17(16)14(3)15-9-5-4-6-10-15;/h4-9,11-12H,1,10H2,2-3H3;1H4/b15-14-;. The fourth-order valence-electron chi connectivity index (χ4n) is 2.15. The lowest BCUT2D eigenvalue weighted by Crippen LogP contribution is -1.93. The van der Waals surface area contributed by atoms with E-state index in [0.29, 0.717) is 0 Å². The highest BCUT2D eigenvalue weighted by Crippen LogP contribution is 2.29. The highest BCUT2D eigenvalue weighted by atomic mass is 14.1. The minimum absolute atomic E-state index is 0. The average Bonchev–Trinajstić information content (AvgIpc) is 2.39. The van der Waals surface area contributed by atoms with Crippen LogP contribution in [0.1, 0.15) is 38.8 Å². The molecule has 1 aliphatic carbocycles. The van der Waals surface area contributed by atoms with Gasteiger partial charge in [0.25, 0.3) is 0 Å². The molecule has 0 N–H and O–H groups in total. The first-order valence-electron chi connectivity index (χ1n) is 5.98. The monoisotopic (exact) mass is 238 g/mol. The lowest BCUT2D eigenvalue weighted by Gasteiger charge is -2.13. The first kappa shape index (κ1) is 14.2. The van der Waals surface area contributed by atoms with Crippen molar-refractivity contribution < 1.29 is 0 Å². The van der Waals surface area contributed by atoms with E-state index in [2.05, 4.69) is 69.0 Å². The van der Waals surface area contributed by atoms with Crippen LogP contribution in [0.2, 0.25) is 0 Å². The molecule has 0 aliphatic heterocycles. The van der Waals surface area contributed by atoms with E-state index in [1.165, 1.54) is 22.3 Å². The van der Waals surface area contributed by atoms with E-state index in [-0.39, 0.29) is 7.43 Å². The first-order valence-corrected chi connectivity index (χ1v) is 5.98. The van der Waals surface area contributed by atoms with E-state index >= 15 is 0 Å². The zero-order chi connectivity index (χ0) is 12.3. The Morgan fingerprint density at radius 3 is 2.28 bits per heavy atom. The molecule has 18 heavy (non-hydrogen) atoms. The van der Waals surface area contributed by atoms with Crippen LogP contribution < -0.4 is 0 Å². The molecule has 0 amide bonds. The van der Waals surface area contributed by atoms with Crippen molar-refractivity contribution in [2.24, 2.45) is 0 Å². The number of benzene rings is 1. The molecule has 94 valence electrons. The molecule has 0 spiro atoms. The third-order valence-corrected chi connectivity index (χ3v) is 3.15. The second-order valence-corrected chi connectivity index (χ2v) is 4.47. The second kappa shape index (κ2) is 6.20. The van der Waals surface area contributed by atoms with Crippen molar-refractivity contribution in [3.63, 3.8) is 0 Å². The molecule has 0 nitrogen and oxygen atoms in total. The van der Waals surface area contributed by atoms with Crippen LogP contribution in [0.4, 0.5) is 0 Å². The first-order chi connectivity index (χ1) is 8.20. The van der Waals surface area contributed by atoms with Crippen molar-refractivity contribution in [1.29, 1.82) is 0 Å². The van der Waals surface area contributed by atoms with Gasteiger partial charge < -0.3 is 0 Å². The molecule has 0 unspecified atom stereocenters. The van der Waals surface area contributed by atoms with Gasteiger partial charge in [-0.2, -0.15) is 0 Å². The van der Waals surface area contributed by atoms with E-state index in [0.717, 1.165) is 12.0 Å². The molecule has 1 aromatic carbocycles. The van der Waals surface area contributed by atoms with Gasteiger partial charge in [-0.1, -0.05) is 68.1 Å². The van der Waals surface area contributed by atoms with Crippen molar-refractivity contribution >= 4 is 11.1 Å². The van der Waals surface area contributed by atoms with Crippen LogP contribution in [0.15, 0.2) is 60.7 Å². The Balaban J connectivity index is 0.00000162. The fourth-order valence-corrected chi connectivity index (χ4v) is 2.15. The zero-order valence-corrected chi connectivity index (χ0v) is 10.5. The van der Waals surface area contributed by atoms with Gasteiger partial charge in [0.1, 0.15) is 0 Å². The van der Waals surface area contributed by atoms with Crippen molar-refractivity contribution in [1.82, 2.24) is 0 Å². The Morgan fingerprint density at radius 1 is 1.06 bits per heavy atom. The maximum Gasteiger partial charge on any atom is -0.00915 e. The summed E-state index contributed by atoms with van der Waals surface area (Å²) >= 11 is 0. The van der Waals surface area contributed by atoms with Gasteiger partial charge in [0, 0.05) is 0 Å². The molecule has 0 heteroatoms. The Bertz CT molecular complexity index is 525. The van der Waals surface area contributed by atoms with Gasteiger partial charge in [0.2, 0.25) is 0 Å². The number of hydrogen-bond donors (Lipinski definition) is 0. The molecule has 0 bridgehead atoms. The highest BCUT2D eigenvalue weighted by molar-refractivity contribution is 5.80. The van der Waals surface area contributed by atoms with E-state index in [1.807, 2.05) is 0 Å². The molecule has 1 aliphatic rings. The minimum atomic E-state index is 0. The molecule has 0 atom stereocenters. The van der Waals surface area contributed by atoms with E-state index < -0.39 is 0 Å². The minimum Gasteiger partial charge on any atom is -0.0955 e. The summed E-state index contributed by atoms with van der Waals surface area (Å²) in [5, 5.41) is 0. The van der Waals surface area contributed by atoms with Crippen LogP contribution >= 0.6 is 0 Å². The lowest BCUT2D eigenvalue weighted by atomic mass is 9.91. The number of hydrogen-bond acceptors (Lipinski definition) is 0. The largest absolute Gasteiger partial charge is 0.0955 e. The van der Waals surface area contributed by atoms with Crippen LogP contribution in [0.5, 0.6) is 0 Å². The van der Waals surface area contributed by atoms with Crippen molar-refractivity contribution in [2.45, 2.75) is 27.7 Å². The van der Waals surface area contributed by atoms with Crippen molar-refractivity contribution in [3.05, 3.63) is 71.8 Å². The molecule has 0 saturated heterocycles. The normalized spacial score (nSPS) is 16.1. The molecule has 1 aromatic rings. The van der Waals surface area contributed by atoms with Gasteiger partial charge in [0.05, 0.1) is 0 Å². The van der Waals surface area contributed by atoms with Gasteiger partial charge in [-0.3, -0.25) is 0 Å². The summed E-state index contributed by atoms with van der Waals surface area (Å²) in [6.45, 7) is 8.32. The summed E-state index contributed by atoms with van der Waals surface area (Å²) in [7, 11) is 0. The van der Waals surface area contributed by atoms with Gasteiger partial charge in [0.15, 0.2) is 0 Å². The molecule has 2 rings (SSSR count). The van der Waals surface area contributed by atoms with Gasteiger partial charge in [-0.15, -0.1) is 0 Å². The van der Waals surface area contributed by atoms with Gasteiger partial charge in [-0.05, 0) is 42.5 Å². The van der Waals surface area contributed by atoms with E-state index in [1.54, 1.807) is 0 Å². The number of rotatable bonds is 2. The van der Waals surface area contributed by atoms with E-state index in [9.17, 15) is 0 Å². The molecule has 0 fully saturated rings. The molecular weight excluding hydrogens is 216 g/mol. The highest BCUT2D eigenvalue weighted by Gasteiger charge is 2.07. The maximum atomic E-state index is 4.06. The third kappa shape index (κ3) is 2.89. The van der Waals surface area contributed by atoms with Gasteiger partial charge >= 0.3 is 0 Å². The average molecular weight is 238 g/mol. The summed E-state index contributed by atoms with van der Waals surface area (Å²) in [5.74, 6) is 0. The van der Waals surface area contributed by atoms with Gasteiger partial charge in [-0.25, -0.2) is 0 Å². The Kier molecular flexibility index (Phi) is 4.91. The third-order valence-electron chi connectivity index (χ3n) is 3.15. The Labute approximate surface area is 111 Å². The zero-order valence-electron chi connectivity index (χ0n) is 10.5. The predicted molar refractivity (Wildman–Crippen MR) is 83.4 cm³/mol.